The molecule has 20 heavy (non-hydrogen) atoms. The minimum atomic E-state index is -0.502. The molecule has 0 spiro atoms. The first-order chi connectivity index (χ1) is 9.68. The molecule has 106 valence electrons. The monoisotopic (exact) mass is 294 g/mol. The van der Waals surface area contributed by atoms with Crippen molar-refractivity contribution in [2.45, 2.75) is 19.4 Å². The number of nitrogens with zero attached hydrogens (tertiary/aromatic N) is 3. The van der Waals surface area contributed by atoms with Crippen molar-refractivity contribution in [1.29, 1.82) is 0 Å². The van der Waals surface area contributed by atoms with Crippen LogP contribution in [0.25, 0.3) is 0 Å². The van der Waals surface area contributed by atoms with E-state index < -0.39 is 4.92 Å². The molecule has 0 aliphatic heterocycles. The van der Waals surface area contributed by atoms with Crippen molar-refractivity contribution < 1.29 is 9.72 Å². The van der Waals surface area contributed by atoms with Gasteiger partial charge in [0.05, 0.1) is 6.54 Å². The number of carbonyl (C=O) groups is 1. The third kappa shape index (κ3) is 3.64. The topological polar surface area (TPSA) is 90.1 Å². The predicted octanol–water partition coefficient (Wildman–Crippen LogP) is 2.06. The molecule has 0 radical (unpaired) electrons. The Labute approximate surface area is 119 Å². The summed E-state index contributed by atoms with van der Waals surface area (Å²) in [6.07, 6.45) is 4.49. The summed E-state index contributed by atoms with van der Waals surface area (Å²) in [5.41, 5.74) is 0.667. The van der Waals surface area contributed by atoms with Crippen molar-refractivity contribution >= 4 is 23.2 Å². The Morgan fingerprint density at radius 3 is 3.05 bits per heavy atom. The van der Waals surface area contributed by atoms with Gasteiger partial charge in [-0.2, -0.15) is 11.3 Å². The van der Waals surface area contributed by atoms with Crippen LogP contribution in [0.15, 0.2) is 29.2 Å². The van der Waals surface area contributed by atoms with E-state index in [9.17, 15) is 14.9 Å². The van der Waals surface area contributed by atoms with E-state index in [0.29, 0.717) is 18.7 Å². The fraction of sp³-hybridized carbons (Fsp3) is 0.333. The van der Waals surface area contributed by atoms with Gasteiger partial charge in [0.25, 0.3) is 5.91 Å². The fourth-order valence-corrected chi connectivity index (χ4v) is 2.39. The van der Waals surface area contributed by atoms with E-state index in [2.05, 4.69) is 10.3 Å². The molecule has 2 rings (SSSR count). The molecule has 0 aliphatic rings. The Balaban J connectivity index is 1.68. The Bertz CT molecular complexity index is 579. The molecule has 0 bridgehead atoms. The number of rotatable bonds is 7. The number of amides is 1. The van der Waals surface area contributed by atoms with Gasteiger partial charge in [0.2, 0.25) is 0 Å². The number of hydrogen-bond acceptors (Lipinski definition) is 5. The smallest absolute Gasteiger partial charge is 0.390 e. The third-order valence-corrected chi connectivity index (χ3v) is 3.43. The molecular formula is C12H14N4O3S. The maximum Gasteiger partial charge on any atom is 0.434 e. The molecule has 0 aromatic carbocycles. The number of unbranched alkanes of at least 4 members (excludes halogenated alkanes) is 1. The van der Waals surface area contributed by atoms with E-state index in [4.69, 9.17) is 0 Å². The van der Waals surface area contributed by atoms with Crippen LogP contribution in [0.5, 0.6) is 0 Å². The Hall–Kier alpha value is -2.22. The molecule has 0 saturated carbocycles. The van der Waals surface area contributed by atoms with Crippen molar-refractivity contribution in [3.8, 4) is 0 Å². The first-order valence-corrected chi connectivity index (χ1v) is 7.08. The molecule has 8 heteroatoms. The number of nitrogens with one attached hydrogen (secondary N) is 1. The highest BCUT2D eigenvalue weighted by Crippen LogP contribution is 2.09. The summed E-state index contributed by atoms with van der Waals surface area (Å²) < 4.78 is 1.50. The SMILES string of the molecule is O=C(NCCCCn1ccnc1[N+](=O)[O-])c1ccsc1. The van der Waals surface area contributed by atoms with Crippen LogP contribution in [0.1, 0.15) is 23.2 Å². The minimum Gasteiger partial charge on any atom is -0.390 e. The number of aryl methyl sites for hydroxylation is 1. The fourth-order valence-electron chi connectivity index (χ4n) is 1.75. The first-order valence-electron chi connectivity index (χ1n) is 6.14. The lowest BCUT2D eigenvalue weighted by atomic mass is 10.3. The molecule has 2 heterocycles. The van der Waals surface area contributed by atoms with Gasteiger partial charge in [-0.3, -0.25) is 4.79 Å². The Kier molecular flexibility index (Phi) is 4.83. The average molecular weight is 294 g/mol. The zero-order chi connectivity index (χ0) is 14.4. The molecule has 2 aromatic heterocycles. The summed E-state index contributed by atoms with van der Waals surface area (Å²) in [6, 6.07) is 1.77. The normalized spacial score (nSPS) is 10.4. The van der Waals surface area contributed by atoms with Gasteiger partial charge < -0.3 is 15.4 Å². The third-order valence-electron chi connectivity index (χ3n) is 2.75. The van der Waals surface area contributed by atoms with Crippen molar-refractivity contribution in [2.24, 2.45) is 0 Å². The van der Waals surface area contributed by atoms with Gasteiger partial charge >= 0.3 is 5.95 Å². The van der Waals surface area contributed by atoms with Crippen molar-refractivity contribution in [3.63, 3.8) is 0 Å². The molecule has 0 unspecified atom stereocenters. The summed E-state index contributed by atoms with van der Waals surface area (Å²) in [7, 11) is 0. The van der Waals surface area contributed by atoms with Crippen molar-refractivity contribution in [1.82, 2.24) is 14.9 Å². The molecular weight excluding hydrogens is 280 g/mol. The lowest BCUT2D eigenvalue weighted by Crippen LogP contribution is -2.24. The van der Waals surface area contributed by atoms with Crippen LogP contribution in [0.3, 0.4) is 0 Å². The van der Waals surface area contributed by atoms with E-state index in [1.165, 1.54) is 22.1 Å². The first kappa shape index (κ1) is 14.2. The van der Waals surface area contributed by atoms with Crippen molar-refractivity contribution in [2.75, 3.05) is 6.54 Å². The molecule has 0 atom stereocenters. The second kappa shape index (κ2) is 6.80. The molecule has 7 nitrogen and oxygen atoms in total. The van der Waals surface area contributed by atoms with Gasteiger partial charge in [0.15, 0.2) is 0 Å². The standard InChI is InChI=1S/C12H14N4O3S/c17-11(10-3-8-20-9-10)13-4-1-2-6-15-7-5-14-12(15)16(18)19/h3,5,7-9H,1-2,4,6H2,(H,13,17). The molecule has 1 N–H and O–H groups in total. The van der Waals surface area contributed by atoms with Gasteiger partial charge in [0.1, 0.15) is 12.4 Å². The van der Waals surface area contributed by atoms with Gasteiger partial charge in [-0.05, 0) is 29.2 Å². The number of carbonyl (C=O) groups excluding carboxylic acids is 1. The van der Waals surface area contributed by atoms with Crippen LogP contribution in [0.4, 0.5) is 5.95 Å². The van der Waals surface area contributed by atoms with Crippen LogP contribution in [-0.4, -0.2) is 26.9 Å². The number of imidazole rings is 1. The van der Waals surface area contributed by atoms with E-state index in [1.807, 2.05) is 5.38 Å². The van der Waals surface area contributed by atoms with Gasteiger partial charge in [-0.1, -0.05) is 4.98 Å². The quantitative estimate of drug-likeness (QED) is 0.481. The van der Waals surface area contributed by atoms with Crippen molar-refractivity contribution in [3.05, 3.63) is 44.9 Å². The number of thiophene rings is 1. The highest BCUT2D eigenvalue weighted by molar-refractivity contribution is 7.08. The molecule has 0 aliphatic carbocycles. The lowest BCUT2D eigenvalue weighted by Gasteiger charge is -2.04. The second-order valence-corrected chi connectivity index (χ2v) is 4.93. The highest BCUT2D eigenvalue weighted by atomic mass is 32.1. The minimum absolute atomic E-state index is 0.0835. The lowest BCUT2D eigenvalue weighted by molar-refractivity contribution is -0.396. The molecule has 0 saturated heterocycles. The summed E-state index contributed by atoms with van der Waals surface area (Å²) in [4.78, 5) is 25.5. The number of nitro groups is 1. The van der Waals surface area contributed by atoms with Crippen LogP contribution in [0, 0.1) is 10.1 Å². The zero-order valence-corrected chi connectivity index (χ0v) is 11.5. The van der Waals surface area contributed by atoms with Crippen LogP contribution < -0.4 is 5.32 Å². The summed E-state index contributed by atoms with van der Waals surface area (Å²) in [6.45, 7) is 1.07. The van der Waals surface area contributed by atoms with Crippen LogP contribution in [-0.2, 0) is 6.54 Å². The van der Waals surface area contributed by atoms with E-state index >= 15 is 0 Å². The number of aromatic nitrogens is 2. The van der Waals surface area contributed by atoms with Gasteiger partial charge in [-0.25, -0.2) is 4.57 Å². The highest BCUT2D eigenvalue weighted by Gasteiger charge is 2.13. The second-order valence-electron chi connectivity index (χ2n) is 4.15. The maximum absolute atomic E-state index is 11.6. The summed E-state index contributed by atoms with van der Waals surface area (Å²) in [5, 5.41) is 17.1. The van der Waals surface area contributed by atoms with E-state index in [-0.39, 0.29) is 11.9 Å². The van der Waals surface area contributed by atoms with Gasteiger partial charge in [-0.15, -0.1) is 0 Å². The van der Waals surface area contributed by atoms with Crippen LogP contribution in [0.2, 0.25) is 0 Å². The Morgan fingerprint density at radius 1 is 1.50 bits per heavy atom. The zero-order valence-electron chi connectivity index (χ0n) is 10.7. The van der Waals surface area contributed by atoms with Crippen LogP contribution >= 0.6 is 11.3 Å². The predicted molar refractivity (Wildman–Crippen MR) is 74.8 cm³/mol. The van der Waals surface area contributed by atoms with Gasteiger partial charge in [0, 0.05) is 17.5 Å². The maximum atomic E-state index is 11.6. The number of hydrogen-bond donors (Lipinski definition) is 1. The molecule has 0 fully saturated rings. The van der Waals surface area contributed by atoms with E-state index in [1.54, 1.807) is 17.6 Å². The molecule has 1 amide bonds. The Morgan fingerprint density at radius 2 is 2.35 bits per heavy atom. The summed E-state index contributed by atoms with van der Waals surface area (Å²) in [5.74, 6) is -0.229. The molecule has 2 aromatic rings. The van der Waals surface area contributed by atoms with E-state index in [0.717, 1.165) is 12.8 Å². The summed E-state index contributed by atoms with van der Waals surface area (Å²) >= 11 is 1.48. The largest absolute Gasteiger partial charge is 0.434 e. The average Bonchev–Trinajstić information content (AvgIpc) is 3.09.